The molecule has 1 heterocycles. The lowest BCUT2D eigenvalue weighted by Crippen LogP contribution is -2.38. The molecule has 21 heavy (non-hydrogen) atoms. The molecule has 0 spiro atoms. The van der Waals surface area contributed by atoms with Gasteiger partial charge in [0, 0.05) is 6.04 Å². The Labute approximate surface area is 126 Å². The Morgan fingerprint density at radius 2 is 2.05 bits per heavy atom. The number of nitrogens with zero attached hydrogens (tertiary/aromatic N) is 1. The third-order valence-corrected chi connectivity index (χ3v) is 4.58. The number of nitrogens with one attached hydrogen (secondary N) is 1. The van der Waals surface area contributed by atoms with E-state index in [2.05, 4.69) is 29.3 Å². The Bertz CT molecular complexity index is 500. The molecule has 114 valence electrons. The van der Waals surface area contributed by atoms with Crippen molar-refractivity contribution in [1.29, 1.82) is 0 Å². The van der Waals surface area contributed by atoms with Gasteiger partial charge in [0.15, 0.2) is 0 Å². The van der Waals surface area contributed by atoms with E-state index in [1.807, 2.05) is 19.1 Å². The van der Waals surface area contributed by atoms with E-state index in [4.69, 9.17) is 4.74 Å². The Balaban J connectivity index is 1.78. The second-order valence-electron chi connectivity index (χ2n) is 6.16. The van der Waals surface area contributed by atoms with Crippen LogP contribution in [0.4, 0.5) is 0 Å². The van der Waals surface area contributed by atoms with Gasteiger partial charge in [0.05, 0.1) is 13.2 Å². The van der Waals surface area contributed by atoms with Crippen LogP contribution in [-0.2, 0) is 4.79 Å². The number of benzene rings is 1. The summed E-state index contributed by atoms with van der Waals surface area (Å²) in [6.45, 7) is 5.38. The molecule has 3 atom stereocenters. The van der Waals surface area contributed by atoms with Gasteiger partial charge >= 0.3 is 0 Å². The first-order chi connectivity index (χ1) is 10.2. The molecule has 1 aromatic rings. The van der Waals surface area contributed by atoms with Gasteiger partial charge in [-0.1, -0.05) is 19.1 Å². The SMILES string of the molecule is CCOc1ccc(C2NCC(=O)N2C2CCC(C)C2)cc1. The third-order valence-electron chi connectivity index (χ3n) is 4.58. The summed E-state index contributed by atoms with van der Waals surface area (Å²) in [5.74, 6) is 1.84. The van der Waals surface area contributed by atoms with E-state index < -0.39 is 0 Å². The van der Waals surface area contributed by atoms with Crippen LogP contribution in [0.2, 0.25) is 0 Å². The quantitative estimate of drug-likeness (QED) is 0.926. The van der Waals surface area contributed by atoms with Crippen LogP contribution >= 0.6 is 0 Å². The zero-order valence-electron chi connectivity index (χ0n) is 12.8. The van der Waals surface area contributed by atoms with E-state index in [0.29, 0.717) is 19.2 Å². The van der Waals surface area contributed by atoms with E-state index in [-0.39, 0.29) is 12.1 Å². The lowest BCUT2D eigenvalue weighted by molar-refractivity contribution is -0.130. The highest BCUT2D eigenvalue weighted by molar-refractivity contribution is 5.81. The van der Waals surface area contributed by atoms with Gasteiger partial charge in [0.2, 0.25) is 5.91 Å². The van der Waals surface area contributed by atoms with E-state index in [1.54, 1.807) is 0 Å². The van der Waals surface area contributed by atoms with E-state index in [1.165, 1.54) is 6.42 Å². The molecule has 1 aliphatic heterocycles. The molecular formula is C17H24N2O2. The Morgan fingerprint density at radius 3 is 2.67 bits per heavy atom. The summed E-state index contributed by atoms with van der Waals surface area (Å²) in [5.41, 5.74) is 1.14. The smallest absolute Gasteiger partial charge is 0.238 e. The van der Waals surface area contributed by atoms with Crippen molar-refractivity contribution < 1.29 is 9.53 Å². The highest BCUT2D eigenvalue weighted by Crippen LogP contribution is 2.35. The minimum Gasteiger partial charge on any atom is -0.494 e. The van der Waals surface area contributed by atoms with Crippen LogP contribution in [-0.4, -0.2) is 30.0 Å². The van der Waals surface area contributed by atoms with Crippen LogP contribution in [0.15, 0.2) is 24.3 Å². The number of hydrogen-bond acceptors (Lipinski definition) is 3. The molecule has 1 saturated heterocycles. The van der Waals surface area contributed by atoms with Crippen molar-refractivity contribution in [2.75, 3.05) is 13.2 Å². The van der Waals surface area contributed by atoms with Gasteiger partial charge in [-0.05, 0) is 49.8 Å². The number of rotatable bonds is 4. The second-order valence-corrected chi connectivity index (χ2v) is 6.16. The molecule has 4 heteroatoms. The minimum absolute atomic E-state index is 0.0171. The lowest BCUT2D eigenvalue weighted by Gasteiger charge is -2.30. The zero-order chi connectivity index (χ0) is 14.8. The fourth-order valence-electron chi connectivity index (χ4n) is 3.55. The largest absolute Gasteiger partial charge is 0.494 e. The summed E-state index contributed by atoms with van der Waals surface area (Å²) < 4.78 is 5.48. The van der Waals surface area contributed by atoms with Crippen molar-refractivity contribution in [3.8, 4) is 5.75 Å². The average Bonchev–Trinajstić information content (AvgIpc) is 3.06. The Kier molecular flexibility index (Phi) is 4.15. The average molecular weight is 288 g/mol. The van der Waals surface area contributed by atoms with Crippen LogP contribution < -0.4 is 10.1 Å². The maximum atomic E-state index is 12.3. The summed E-state index contributed by atoms with van der Waals surface area (Å²) in [5, 5.41) is 3.35. The summed E-state index contributed by atoms with van der Waals surface area (Å²) in [6.07, 6.45) is 3.50. The number of ether oxygens (including phenoxy) is 1. The van der Waals surface area contributed by atoms with Crippen LogP contribution in [0.25, 0.3) is 0 Å². The second kappa shape index (κ2) is 6.06. The first-order valence-corrected chi connectivity index (χ1v) is 7.96. The Hall–Kier alpha value is -1.55. The highest BCUT2D eigenvalue weighted by atomic mass is 16.5. The maximum Gasteiger partial charge on any atom is 0.238 e. The zero-order valence-corrected chi connectivity index (χ0v) is 12.8. The molecular weight excluding hydrogens is 264 g/mol. The molecule has 1 amide bonds. The van der Waals surface area contributed by atoms with Crippen molar-refractivity contribution in [3.05, 3.63) is 29.8 Å². The van der Waals surface area contributed by atoms with Crippen LogP contribution in [0.3, 0.4) is 0 Å². The molecule has 1 aromatic carbocycles. The van der Waals surface area contributed by atoms with Gasteiger partial charge < -0.3 is 9.64 Å². The van der Waals surface area contributed by atoms with Gasteiger partial charge in [-0.2, -0.15) is 0 Å². The summed E-state index contributed by atoms with van der Waals surface area (Å²) in [4.78, 5) is 14.3. The molecule has 1 aliphatic carbocycles. The van der Waals surface area contributed by atoms with Crippen LogP contribution in [0.5, 0.6) is 5.75 Å². The number of carbonyl (C=O) groups is 1. The monoisotopic (exact) mass is 288 g/mol. The molecule has 4 nitrogen and oxygen atoms in total. The summed E-state index contributed by atoms with van der Waals surface area (Å²) in [7, 11) is 0. The predicted octanol–water partition coefficient (Wildman–Crippen LogP) is 2.70. The van der Waals surface area contributed by atoms with E-state index in [9.17, 15) is 4.79 Å². The van der Waals surface area contributed by atoms with E-state index in [0.717, 1.165) is 30.1 Å². The third kappa shape index (κ3) is 2.91. The van der Waals surface area contributed by atoms with Crippen molar-refractivity contribution in [2.24, 2.45) is 5.92 Å². The van der Waals surface area contributed by atoms with Crippen molar-refractivity contribution in [3.63, 3.8) is 0 Å². The van der Waals surface area contributed by atoms with Crippen molar-refractivity contribution in [2.45, 2.75) is 45.3 Å². The van der Waals surface area contributed by atoms with Gasteiger partial charge in [-0.25, -0.2) is 0 Å². The van der Waals surface area contributed by atoms with Crippen LogP contribution in [0.1, 0.15) is 44.8 Å². The van der Waals surface area contributed by atoms with Crippen molar-refractivity contribution >= 4 is 5.91 Å². The first-order valence-electron chi connectivity index (χ1n) is 7.96. The number of hydrogen-bond donors (Lipinski definition) is 1. The Morgan fingerprint density at radius 1 is 1.29 bits per heavy atom. The fourth-order valence-corrected chi connectivity index (χ4v) is 3.55. The molecule has 0 aromatic heterocycles. The molecule has 2 fully saturated rings. The van der Waals surface area contributed by atoms with Crippen molar-refractivity contribution in [1.82, 2.24) is 10.2 Å². The minimum atomic E-state index is 0.0171. The molecule has 0 radical (unpaired) electrons. The summed E-state index contributed by atoms with van der Waals surface area (Å²) >= 11 is 0. The molecule has 1 saturated carbocycles. The van der Waals surface area contributed by atoms with E-state index >= 15 is 0 Å². The molecule has 3 rings (SSSR count). The highest BCUT2D eigenvalue weighted by Gasteiger charge is 2.39. The van der Waals surface area contributed by atoms with Gasteiger partial charge in [-0.15, -0.1) is 0 Å². The fraction of sp³-hybridized carbons (Fsp3) is 0.588. The standard InChI is InChI=1S/C17H24N2O2/c1-3-21-15-8-5-13(6-9-15)17-18-11-16(20)19(17)14-7-4-12(2)10-14/h5-6,8-9,12,14,17-18H,3-4,7,10-11H2,1-2H3. The van der Waals surface area contributed by atoms with Gasteiger partial charge in [-0.3, -0.25) is 10.1 Å². The lowest BCUT2D eigenvalue weighted by atomic mass is 10.1. The first kappa shape index (κ1) is 14.4. The van der Waals surface area contributed by atoms with Gasteiger partial charge in [0.25, 0.3) is 0 Å². The topological polar surface area (TPSA) is 41.6 Å². The normalized spacial score (nSPS) is 29.1. The maximum absolute atomic E-state index is 12.3. The van der Waals surface area contributed by atoms with Gasteiger partial charge in [0.1, 0.15) is 11.9 Å². The van der Waals surface area contributed by atoms with Crippen LogP contribution in [0, 0.1) is 5.92 Å². The summed E-state index contributed by atoms with van der Waals surface area (Å²) in [6, 6.07) is 8.48. The molecule has 3 unspecified atom stereocenters. The molecule has 1 N–H and O–H groups in total. The molecule has 0 bridgehead atoms. The number of carbonyl (C=O) groups excluding carboxylic acids is 1. The predicted molar refractivity (Wildman–Crippen MR) is 82.0 cm³/mol. The molecule has 2 aliphatic rings. The number of amides is 1.